The largest absolute Gasteiger partial charge is 0.445 e. The molecule has 0 fully saturated rings. The number of anilines is 1. The average molecular weight is 353 g/mol. The van der Waals surface area contributed by atoms with Crippen molar-refractivity contribution >= 4 is 35.4 Å². The fraction of sp³-hybridized carbons (Fsp3) is 0.267. The van der Waals surface area contributed by atoms with Gasteiger partial charge in [-0.3, -0.25) is 9.88 Å². The van der Waals surface area contributed by atoms with Gasteiger partial charge in [-0.2, -0.15) is 0 Å². The van der Waals surface area contributed by atoms with E-state index in [2.05, 4.69) is 22.1 Å². The van der Waals surface area contributed by atoms with E-state index in [0.717, 1.165) is 5.56 Å². The van der Waals surface area contributed by atoms with Crippen LogP contribution in [0.4, 0.5) is 10.7 Å². The van der Waals surface area contributed by atoms with Crippen LogP contribution >= 0.6 is 23.4 Å². The van der Waals surface area contributed by atoms with Crippen LogP contribution in [0, 0.1) is 0 Å². The normalized spacial score (nSPS) is 10.3. The standard InChI is InChI=1S/C15H17ClN4O2S/c1-3-9-22-15(21)17-13-18-19-14(20(13)4-2)23-10-11-7-5-6-8-12(11)16/h3,5-8H,1,4,9-10H2,2H3,(H,17,18,21). The van der Waals surface area contributed by atoms with Crippen molar-refractivity contribution < 1.29 is 9.53 Å². The number of hydrogen-bond acceptors (Lipinski definition) is 5. The summed E-state index contributed by atoms with van der Waals surface area (Å²) in [5, 5.41) is 12.1. The lowest BCUT2D eigenvalue weighted by atomic mass is 10.2. The van der Waals surface area contributed by atoms with E-state index in [1.165, 1.54) is 17.8 Å². The van der Waals surface area contributed by atoms with Crippen molar-refractivity contribution in [2.24, 2.45) is 0 Å². The summed E-state index contributed by atoms with van der Waals surface area (Å²) in [6.45, 7) is 6.19. The zero-order valence-electron chi connectivity index (χ0n) is 12.7. The maximum atomic E-state index is 11.6. The van der Waals surface area contributed by atoms with Crippen LogP contribution in [-0.4, -0.2) is 27.5 Å². The number of amides is 1. The second-order valence-corrected chi connectivity index (χ2v) is 5.79. The van der Waals surface area contributed by atoms with E-state index in [0.29, 0.717) is 28.4 Å². The zero-order chi connectivity index (χ0) is 16.7. The molecule has 2 aromatic rings. The van der Waals surface area contributed by atoms with E-state index in [1.807, 2.05) is 31.2 Å². The molecule has 8 heteroatoms. The molecule has 0 aliphatic carbocycles. The molecule has 0 saturated carbocycles. The van der Waals surface area contributed by atoms with Crippen molar-refractivity contribution in [2.75, 3.05) is 11.9 Å². The maximum Gasteiger partial charge on any atom is 0.414 e. The molecule has 0 spiro atoms. The number of rotatable bonds is 7. The van der Waals surface area contributed by atoms with Gasteiger partial charge in [-0.05, 0) is 18.6 Å². The van der Waals surface area contributed by atoms with Crippen molar-refractivity contribution in [3.8, 4) is 0 Å². The number of aromatic nitrogens is 3. The number of nitrogens with one attached hydrogen (secondary N) is 1. The first-order valence-corrected chi connectivity index (χ1v) is 8.36. The van der Waals surface area contributed by atoms with Gasteiger partial charge < -0.3 is 4.74 Å². The van der Waals surface area contributed by atoms with E-state index < -0.39 is 6.09 Å². The minimum atomic E-state index is -0.588. The molecule has 0 aliphatic heterocycles. The molecule has 1 aromatic heterocycles. The highest BCUT2D eigenvalue weighted by atomic mass is 35.5. The molecule has 1 aromatic carbocycles. The topological polar surface area (TPSA) is 69.0 Å². The lowest BCUT2D eigenvalue weighted by molar-refractivity contribution is 0.174. The molecule has 0 bridgehead atoms. The average Bonchev–Trinajstić information content (AvgIpc) is 2.93. The number of nitrogens with zero attached hydrogens (tertiary/aromatic N) is 3. The van der Waals surface area contributed by atoms with Gasteiger partial charge in [0.05, 0.1) is 0 Å². The molecule has 6 nitrogen and oxygen atoms in total. The van der Waals surface area contributed by atoms with E-state index in [-0.39, 0.29) is 6.61 Å². The van der Waals surface area contributed by atoms with E-state index >= 15 is 0 Å². The van der Waals surface area contributed by atoms with E-state index in [1.54, 1.807) is 4.57 Å². The summed E-state index contributed by atoms with van der Waals surface area (Å²) in [4.78, 5) is 11.6. The van der Waals surface area contributed by atoms with Gasteiger partial charge >= 0.3 is 6.09 Å². The number of ether oxygens (including phenoxy) is 1. The van der Waals surface area contributed by atoms with Gasteiger partial charge in [-0.15, -0.1) is 10.2 Å². The van der Waals surface area contributed by atoms with Gasteiger partial charge in [0.15, 0.2) is 5.16 Å². The molecule has 0 radical (unpaired) electrons. The molecule has 23 heavy (non-hydrogen) atoms. The molecule has 0 atom stereocenters. The third-order valence-electron chi connectivity index (χ3n) is 2.89. The van der Waals surface area contributed by atoms with Crippen LogP contribution in [0.15, 0.2) is 42.1 Å². The van der Waals surface area contributed by atoms with Crippen LogP contribution in [0.25, 0.3) is 0 Å². The van der Waals surface area contributed by atoms with Crippen molar-refractivity contribution in [2.45, 2.75) is 24.4 Å². The minimum absolute atomic E-state index is 0.139. The molecular weight excluding hydrogens is 336 g/mol. The van der Waals surface area contributed by atoms with Crippen molar-refractivity contribution in [1.29, 1.82) is 0 Å². The number of carbonyl (C=O) groups excluding carboxylic acids is 1. The summed E-state index contributed by atoms with van der Waals surface area (Å²) in [7, 11) is 0. The second kappa shape index (κ2) is 8.59. The van der Waals surface area contributed by atoms with E-state index in [4.69, 9.17) is 16.3 Å². The smallest absolute Gasteiger partial charge is 0.414 e. The third kappa shape index (κ3) is 4.74. The highest BCUT2D eigenvalue weighted by Gasteiger charge is 2.14. The summed E-state index contributed by atoms with van der Waals surface area (Å²) >= 11 is 7.65. The minimum Gasteiger partial charge on any atom is -0.445 e. The van der Waals surface area contributed by atoms with Gasteiger partial charge in [-0.1, -0.05) is 54.2 Å². The Bertz CT molecular complexity index is 690. The monoisotopic (exact) mass is 352 g/mol. The highest BCUT2D eigenvalue weighted by molar-refractivity contribution is 7.98. The summed E-state index contributed by atoms with van der Waals surface area (Å²) in [6.07, 6.45) is 0.907. The first kappa shape index (κ1) is 17.4. The quantitative estimate of drug-likeness (QED) is 0.603. The van der Waals surface area contributed by atoms with Gasteiger partial charge in [0, 0.05) is 17.3 Å². The van der Waals surface area contributed by atoms with Gasteiger partial charge in [0.1, 0.15) is 6.61 Å². The van der Waals surface area contributed by atoms with E-state index in [9.17, 15) is 4.79 Å². The molecule has 122 valence electrons. The Morgan fingerprint density at radius 3 is 2.96 bits per heavy atom. The molecule has 0 unspecified atom stereocenters. The lowest BCUT2D eigenvalue weighted by Crippen LogP contribution is -2.17. The highest BCUT2D eigenvalue weighted by Crippen LogP contribution is 2.26. The van der Waals surface area contributed by atoms with Crippen LogP contribution in [0.1, 0.15) is 12.5 Å². The van der Waals surface area contributed by atoms with Crippen LogP contribution < -0.4 is 5.32 Å². The van der Waals surface area contributed by atoms with Crippen LogP contribution in [0.5, 0.6) is 0 Å². The zero-order valence-corrected chi connectivity index (χ0v) is 14.2. The summed E-state index contributed by atoms with van der Waals surface area (Å²) in [5.41, 5.74) is 1.02. The Morgan fingerprint density at radius 2 is 2.26 bits per heavy atom. The van der Waals surface area contributed by atoms with Crippen molar-refractivity contribution in [3.05, 3.63) is 47.5 Å². The van der Waals surface area contributed by atoms with Crippen molar-refractivity contribution in [1.82, 2.24) is 14.8 Å². The van der Waals surface area contributed by atoms with Crippen LogP contribution in [0.3, 0.4) is 0 Å². The summed E-state index contributed by atoms with van der Waals surface area (Å²) in [5.74, 6) is 1.02. The molecule has 1 heterocycles. The molecular formula is C15H17ClN4O2S. The second-order valence-electron chi connectivity index (χ2n) is 4.44. The first-order valence-electron chi connectivity index (χ1n) is 6.99. The maximum absolute atomic E-state index is 11.6. The van der Waals surface area contributed by atoms with Gasteiger partial charge in [0.2, 0.25) is 5.95 Å². The Hall–Kier alpha value is -1.99. The number of halogens is 1. The Morgan fingerprint density at radius 1 is 1.48 bits per heavy atom. The molecule has 0 aliphatic rings. The Labute approximate surface area is 143 Å². The fourth-order valence-electron chi connectivity index (χ4n) is 1.79. The van der Waals surface area contributed by atoms with Crippen LogP contribution in [-0.2, 0) is 17.0 Å². The molecule has 1 amide bonds. The molecule has 0 saturated heterocycles. The summed E-state index contributed by atoms with van der Waals surface area (Å²) < 4.78 is 6.68. The van der Waals surface area contributed by atoms with Gasteiger partial charge in [-0.25, -0.2) is 4.79 Å². The Balaban J connectivity index is 2.04. The van der Waals surface area contributed by atoms with Crippen LogP contribution in [0.2, 0.25) is 5.02 Å². The number of carbonyl (C=O) groups is 1. The Kier molecular flexibility index (Phi) is 6.49. The van der Waals surface area contributed by atoms with Crippen molar-refractivity contribution in [3.63, 3.8) is 0 Å². The predicted molar refractivity (Wildman–Crippen MR) is 91.9 cm³/mol. The summed E-state index contributed by atoms with van der Waals surface area (Å²) in [6, 6.07) is 7.65. The first-order chi connectivity index (χ1) is 11.2. The van der Waals surface area contributed by atoms with Gasteiger partial charge in [0.25, 0.3) is 0 Å². The fourth-order valence-corrected chi connectivity index (χ4v) is 3.08. The predicted octanol–water partition coefficient (Wildman–Crippen LogP) is 3.98. The SMILES string of the molecule is C=CCOC(=O)Nc1nnc(SCc2ccccc2Cl)n1CC. The number of thioether (sulfide) groups is 1. The lowest BCUT2D eigenvalue weighted by Gasteiger charge is -2.08. The molecule has 2 rings (SSSR count). The number of hydrogen-bond donors (Lipinski definition) is 1. The number of benzene rings is 1. The third-order valence-corrected chi connectivity index (χ3v) is 4.28. The molecule has 1 N–H and O–H groups in total.